The summed E-state index contributed by atoms with van der Waals surface area (Å²) in [6, 6.07) is 2.15. The lowest BCUT2D eigenvalue weighted by molar-refractivity contribution is 0.259. The molecule has 0 aliphatic carbocycles. The molecule has 4 heteroatoms. The van der Waals surface area contributed by atoms with Gasteiger partial charge in [-0.15, -0.1) is 0 Å². The fraction of sp³-hybridized carbons (Fsp3) is 0.533. The minimum Gasteiger partial charge on any atom is -0.496 e. The van der Waals surface area contributed by atoms with Gasteiger partial charge in [0.05, 0.1) is 7.11 Å². The van der Waals surface area contributed by atoms with Crippen LogP contribution in [0.15, 0.2) is 6.07 Å². The Kier molecular flexibility index (Phi) is 5.02. The van der Waals surface area contributed by atoms with E-state index in [1.54, 1.807) is 7.11 Å². The molecule has 0 aliphatic rings. The molecule has 3 nitrogen and oxygen atoms in total. The van der Waals surface area contributed by atoms with Crippen molar-refractivity contribution in [2.45, 2.75) is 40.0 Å². The van der Waals surface area contributed by atoms with E-state index in [-0.39, 0.29) is 10.2 Å². The Bertz CT molecular complexity index is 495. The van der Waals surface area contributed by atoms with E-state index >= 15 is 0 Å². The minimum absolute atomic E-state index is 0.130. The van der Waals surface area contributed by atoms with Crippen molar-refractivity contribution in [3.05, 3.63) is 28.3 Å². The lowest BCUT2D eigenvalue weighted by Crippen LogP contribution is -2.34. The molecule has 0 saturated heterocycles. The van der Waals surface area contributed by atoms with Crippen LogP contribution in [0.3, 0.4) is 0 Å². The van der Waals surface area contributed by atoms with Crippen molar-refractivity contribution in [2.75, 3.05) is 13.7 Å². The maximum absolute atomic E-state index is 11.0. The van der Waals surface area contributed by atoms with E-state index in [2.05, 4.69) is 55.0 Å². The van der Waals surface area contributed by atoms with Gasteiger partial charge in [-0.25, -0.2) is 0 Å². The first-order valence-corrected chi connectivity index (χ1v) is 7.08. The molecule has 1 amide bonds. The van der Waals surface area contributed by atoms with Crippen molar-refractivity contribution in [1.29, 1.82) is 0 Å². The first kappa shape index (κ1) is 16.0. The highest BCUT2D eigenvalue weighted by Crippen LogP contribution is 2.34. The molecule has 0 radical (unpaired) electrons. The van der Waals surface area contributed by atoms with E-state index in [1.807, 2.05) is 6.92 Å². The number of rotatable bonds is 4. The second-order valence-corrected chi connectivity index (χ2v) is 6.26. The minimum atomic E-state index is -0.180. The SMILES string of the molecule is COc1c(C)cc(C(C)(C)CNC(=O)Br)c(C)c1C. The van der Waals surface area contributed by atoms with Gasteiger partial charge in [0, 0.05) is 27.9 Å². The molecule has 0 fully saturated rings. The molecule has 0 heterocycles. The number of methoxy groups -OCH3 is 1. The Balaban J connectivity index is 3.23. The summed E-state index contributed by atoms with van der Waals surface area (Å²) in [5.74, 6) is 0.946. The van der Waals surface area contributed by atoms with Crippen LogP contribution in [0, 0.1) is 20.8 Å². The molecule has 0 aliphatic heterocycles. The summed E-state index contributed by atoms with van der Waals surface area (Å²) in [7, 11) is 1.70. The summed E-state index contributed by atoms with van der Waals surface area (Å²) in [6.45, 7) is 11.1. The Hall–Kier alpha value is -1.03. The molecule has 1 aromatic rings. The fourth-order valence-corrected chi connectivity index (χ4v) is 2.60. The van der Waals surface area contributed by atoms with Crippen LogP contribution in [0.2, 0.25) is 0 Å². The van der Waals surface area contributed by atoms with Gasteiger partial charge in [0.1, 0.15) is 5.75 Å². The van der Waals surface area contributed by atoms with E-state index < -0.39 is 0 Å². The monoisotopic (exact) mass is 327 g/mol. The van der Waals surface area contributed by atoms with Gasteiger partial charge in [-0.2, -0.15) is 0 Å². The first-order chi connectivity index (χ1) is 8.70. The summed E-state index contributed by atoms with van der Waals surface area (Å²) >= 11 is 2.90. The van der Waals surface area contributed by atoms with Gasteiger partial charge < -0.3 is 10.1 Å². The number of hydrogen-bond acceptors (Lipinski definition) is 2. The zero-order chi connectivity index (χ0) is 14.8. The molecule has 0 unspecified atom stereocenters. The number of benzene rings is 1. The zero-order valence-corrected chi connectivity index (χ0v) is 14.1. The van der Waals surface area contributed by atoms with Crippen LogP contribution < -0.4 is 10.1 Å². The smallest absolute Gasteiger partial charge is 0.287 e. The maximum Gasteiger partial charge on any atom is 0.287 e. The van der Waals surface area contributed by atoms with Gasteiger partial charge >= 0.3 is 0 Å². The molecule has 0 saturated carbocycles. The molecule has 19 heavy (non-hydrogen) atoms. The number of nitrogens with one attached hydrogen (secondary N) is 1. The third kappa shape index (κ3) is 3.50. The topological polar surface area (TPSA) is 38.3 Å². The van der Waals surface area contributed by atoms with Gasteiger partial charge in [0.2, 0.25) is 0 Å². The molecule has 0 aromatic heterocycles. The van der Waals surface area contributed by atoms with Crippen LogP contribution in [-0.2, 0) is 5.41 Å². The van der Waals surface area contributed by atoms with E-state index in [0.29, 0.717) is 6.54 Å². The van der Waals surface area contributed by atoms with Crippen molar-refractivity contribution in [2.24, 2.45) is 0 Å². The zero-order valence-electron chi connectivity index (χ0n) is 12.5. The lowest BCUT2D eigenvalue weighted by atomic mass is 9.79. The molecule has 1 N–H and O–H groups in total. The van der Waals surface area contributed by atoms with Gasteiger partial charge in [-0.1, -0.05) is 19.9 Å². The third-order valence-corrected chi connectivity index (χ3v) is 3.91. The van der Waals surface area contributed by atoms with Crippen molar-refractivity contribution in [3.8, 4) is 5.75 Å². The molecular formula is C15H22BrNO2. The number of aryl methyl sites for hydroxylation is 1. The maximum atomic E-state index is 11.0. The Morgan fingerprint density at radius 3 is 2.37 bits per heavy atom. The Morgan fingerprint density at radius 1 is 1.32 bits per heavy atom. The van der Waals surface area contributed by atoms with E-state index in [1.165, 1.54) is 11.1 Å². The van der Waals surface area contributed by atoms with Crippen molar-refractivity contribution in [1.82, 2.24) is 5.32 Å². The number of carbonyl (C=O) groups is 1. The normalized spacial score (nSPS) is 11.3. The second-order valence-electron chi connectivity index (χ2n) is 5.54. The molecule has 0 spiro atoms. The average Bonchev–Trinajstić information content (AvgIpc) is 2.32. The van der Waals surface area contributed by atoms with Crippen LogP contribution >= 0.6 is 15.9 Å². The van der Waals surface area contributed by atoms with Crippen LogP contribution in [0.1, 0.15) is 36.1 Å². The van der Waals surface area contributed by atoms with Crippen LogP contribution in [-0.4, -0.2) is 18.5 Å². The van der Waals surface area contributed by atoms with E-state index in [4.69, 9.17) is 4.74 Å². The summed E-state index contributed by atoms with van der Waals surface area (Å²) in [6.07, 6.45) is 0. The number of carbonyl (C=O) groups excluding carboxylic acids is 1. The van der Waals surface area contributed by atoms with E-state index in [9.17, 15) is 4.79 Å². The highest BCUT2D eigenvalue weighted by Gasteiger charge is 2.25. The Morgan fingerprint density at radius 2 is 1.89 bits per heavy atom. The Labute approximate surface area is 123 Å². The average molecular weight is 328 g/mol. The van der Waals surface area contributed by atoms with Crippen molar-refractivity contribution in [3.63, 3.8) is 0 Å². The first-order valence-electron chi connectivity index (χ1n) is 6.29. The molecule has 106 valence electrons. The van der Waals surface area contributed by atoms with Crippen molar-refractivity contribution < 1.29 is 9.53 Å². The largest absolute Gasteiger partial charge is 0.496 e. The standard InChI is InChI=1S/C15H22BrNO2/c1-9-7-12(10(2)11(3)13(9)19-6)15(4,5)8-17-14(16)18/h7H,8H2,1-6H3,(H,17,18). The molecule has 0 atom stereocenters. The highest BCUT2D eigenvalue weighted by molar-refractivity contribution is 9.18. The van der Waals surface area contributed by atoms with Crippen molar-refractivity contribution >= 4 is 20.7 Å². The number of ether oxygens (including phenoxy) is 1. The van der Waals surface area contributed by atoms with Gasteiger partial charge in [0.25, 0.3) is 4.82 Å². The number of amides is 1. The molecule has 0 bridgehead atoms. The second kappa shape index (κ2) is 5.95. The van der Waals surface area contributed by atoms with Gasteiger partial charge in [0.15, 0.2) is 0 Å². The summed E-state index contributed by atoms with van der Waals surface area (Å²) in [5.41, 5.74) is 4.62. The lowest BCUT2D eigenvalue weighted by Gasteiger charge is -2.29. The van der Waals surface area contributed by atoms with Crippen LogP contribution in [0.4, 0.5) is 4.79 Å². The van der Waals surface area contributed by atoms with Gasteiger partial charge in [-0.05, 0) is 43.0 Å². The molecule has 1 aromatic carbocycles. The summed E-state index contributed by atoms with van der Waals surface area (Å²) in [5, 5.41) is 2.83. The predicted molar refractivity (Wildman–Crippen MR) is 82.6 cm³/mol. The van der Waals surface area contributed by atoms with Gasteiger partial charge in [-0.3, -0.25) is 4.79 Å². The van der Waals surface area contributed by atoms with Crippen LogP contribution in [0.5, 0.6) is 5.75 Å². The number of halogens is 1. The van der Waals surface area contributed by atoms with Crippen LogP contribution in [0.25, 0.3) is 0 Å². The molecular weight excluding hydrogens is 306 g/mol. The molecule has 1 rings (SSSR count). The fourth-order valence-electron chi connectivity index (χ4n) is 2.46. The summed E-state index contributed by atoms with van der Waals surface area (Å²) in [4.78, 5) is 10.8. The number of hydrogen-bond donors (Lipinski definition) is 1. The highest BCUT2D eigenvalue weighted by atomic mass is 79.9. The summed E-state index contributed by atoms with van der Waals surface area (Å²) < 4.78 is 5.45. The quantitative estimate of drug-likeness (QED) is 0.670. The van der Waals surface area contributed by atoms with E-state index in [0.717, 1.165) is 16.9 Å². The third-order valence-electron chi connectivity index (χ3n) is 3.63. The predicted octanol–water partition coefficient (Wildman–Crippen LogP) is 4.00.